The number of fused-ring (bicyclic) bond motifs is 1. The summed E-state index contributed by atoms with van der Waals surface area (Å²) in [7, 11) is -3.46. The van der Waals surface area contributed by atoms with Crippen molar-refractivity contribution in [3.8, 4) is 0 Å². The molecular formula is C18H30N2O5S2Sn. The van der Waals surface area contributed by atoms with E-state index in [9.17, 15) is 18.0 Å². The molecule has 10 heteroatoms. The van der Waals surface area contributed by atoms with Gasteiger partial charge in [0.05, 0.1) is 0 Å². The van der Waals surface area contributed by atoms with Gasteiger partial charge in [0.2, 0.25) is 0 Å². The Morgan fingerprint density at radius 2 is 1.96 bits per heavy atom. The van der Waals surface area contributed by atoms with E-state index < -0.39 is 39.9 Å². The van der Waals surface area contributed by atoms with Gasteiger partial charge in [-0.3, -0.25) is 0 Å². The van der Waals surface area contributed by atoms with E-state index in [0.29, 0.717) is 24.4 Å². The van der Waals surface area contributed by atoms with Gasteiger partial charge in [0.25, 0.3) is 0 Å². The number of amides is 2. The van der Waals surface area contributed by atoms with Gasteiger partial charge in [0.15, 0.2) is 0 Å². The summed E-state index contributed by atoms with van der Waals surface area (Å²) >= 11 is -1.13. The standard InChI is InChI=1S/C15H21N2O5S2.3CH3.Sn/c1-15(2,3)22-14(19)16-6-4-7-17-8-10-24(20,21)11-5-9-23-12(11)13(17)18;;;;/h5H,4,6-8,10H2,1-3H3,(H,16,19);3*1H3;. The Kier molecular flexibility index (Phi) is 7.13. The van der Waals surface area contributed by atoms with Crippen LogP contribution in [-0.2, 0) is 14.6 Å². The van der Waals surface area contributed by atoms with Crippen molar-refractivity contribution in [2.24, 2.45) is 0 Å². The van der Waals surface area contributed by atoms with E-state index in [-0.39, 0.29) is 23.1 Å². The average molecular weight is 537 g/mol. The number of alkyl carbamates (subject to hydrolysis) is 1. The number of thiophene rings is 1. The summed E-state index contributed by atoms with van der Waals surface area (Å²) in [5.74, 6) is -0.290. The van der Waals surface area contributed by atoms with Crippen LogP contribution in [0.4, 0.5) is 4.79 Å². The van der Waals surface area contributed by atoms with E-state index in [1.165, 1.54) is 11.3 Å². The molecule has 0 aliphatic carbocycles. The fourth-order valence-electron chi connectivity index (χ4n) is 2.70. The van der Waals surface area contributed by atoms with Crippen LogP contribution in [0.2, 0.25) is 14.8 Å². The van der Waals surface area contributed by atoms with E-state index in [1.54, 1.807) is 31.7 Å². The van der Waals surface area contributed by atoms with Gasteiger partial charge in [-0.05, 0) is 20.8 Å². The minimum atomic E-state index is -3.46. The van der Waals surface area contributed by atoms with Gasteiger partial charge in [-0.15, -0.1) is 0 Å². The summed E-state index contributed by atoms with van der Waals surface area (Å²) in [6.07, 6.45) is 0.0250. The van der Waals surface area contributed by atoms with Crippen molar-refractivity contribution in [1.82, 2.24) is 10.2 Å². The molecule has 0 fully saturated rings. The van der Waals surface area contributed by atoms with Crippen molar-refractivity contribution in [1.29, 1.82) is 0 Å². The second-order valence-electron chi connectivity index (χ2n) is 8.95. The molecule has 0 bridgehead atoms. The van der Waals surface area contributed by atoms with Crippen LogP contribution in [0, 0.1) is 0 Å². The molecule has 0 radical (unpaired) electrons. The second kappa shape index (κ2) is 8.51. The minimum absolute atomic E-state index is 0.0684. The third-order valence-electron chi connectivity index (χ3n) is 4.16. The molecule has 0 aromatic carbocycles. The fraction of sp³-hybridized carbons (Fsp3) is 0.667. The monoisotopic (exact) mass is 538 g/mol. The van der Waals surface area contributed by atoms with Crippen LogP contribution >= 0.6 is 11.3 Å². The summed E-state index contributed by atoms with van der Waals surface area (Å²) < 4.78 is 31.6. The molecular weight excluding hydrogens is 507 g/mol. The maximum absolute atomic E-state index is 13.0. The molecule has 0 atom stereocenters. The zero-order valence-corrected chi connectivity index (χ0v) is 21.9. The van der Waals surface area contributed by atoms with Gasteiger partial charge < -0.3 is 0 Å². The van der Waals surface area contributed by atoms with Crippen LogP contribution in [-0.4, -0.2) is 74.7 Å². The van der Waals surface area contributed by atoms with Crippen molar-refractivity contribution >= 4 is 54.4 Å². The van der Waals surface area contributed by atoms with Gasteiger partial charge >= 0.3 is 155 Å². The number of hydrogen-bond donors (Lipinski definition) is 1. The third-order valence-corrected chi connectivity index (χ3v) is 16.5. The molecule has 0 unspecified atom stereocenters. The quantitative estimate of drug-likeness (QED) is 0.461. The molecule has 1 aromatic heterocycles. The SMILES string of the molecule is CC(C)(C)OC(=O)NCCCN1CCS(=O)(=O)c2c[c]([Sn]([CH3])([CH3])[CH3])sc2C1=O. The van der Waals surface area contributed by atoms with Crippen LogP contribution in [0.1, 0.15) is 36.9 Å². The van der Waals surface area contributed by atoms with Crippen molar-refractivity contribution in [2.75, 3.05) is 25.4 Å². The number of nitrogens with zero attached hydrogens (tertiary/aromatic N) is 1. The first-order valence-electron chi connectivity index (χ1n) is 9.34. The zero-order valence-electron chi connectivity index (χ0n) is 17.4. The molecule has 1 N–H and O–H groups in total. The molecule has 28 heavy (non-hydrogen) atoms. The van der Waals surface area contributed by atoms with Gasteiger partial charge in [-0.2, -0.15) is 0 Å². The zero-order chi connectivity index (χ0) is 21.3. The summed E-state index contributed by atoms with van der Waals surface area (Å²) in [6.45, 7) is 6.28. The van der Waals surface area contributed by atoms with E-state index >= 15 is 0 Å². The molecule has 158 valence electrons. The topological polar surface area (TPSA) is 92.8 Å². The first kappa shape index (κ1) is 23.5. The van der Waals surface area contributed by atoms with Crippen LogP contribution in [0.5, 0.6) is 0 Å². The fourth-order valence-corrected chi connectivity index (χ4v) is 11.1. The Balaban J connectivity index is 2.05. The Morgan fingerprint density at radius 3 is 2.54 bits per heavy atom. The van der Waals surface area contributed by atoms with E-state index in [0.717, 1.165) is 2.89 Å². The van der Waals surface area contributed by atoms with Crippen LogP contribution in [0.15, 0.2) is 11.0 Å². The molecule has 2 rings (SSSR count). The molecule has 7 nitrogen and oxygen atoms in total. The van der Waals surface area contributed by atoms with Crippen LogP contribution in [0.3, 0.4) is 0 Å². The van der Waals surface area contributed by atoms with Crippen molar-refractivity contribution < 1.29 is 22.7 Å². The first-order chi connectivity index (χ1) is 12.7. The Hall–Kier alpha value is -0.811. The normalized spacial score (nSPS) is 17.1. The van der Waals surface area contributed by atoms with E-state index in [1.807, 2.05) is 0 Å². The molecule has 1 aliphatic heterocycles. The number of ether oxygens (including phenoxy) is 1. The van der Waals surface area contributed by atoms with Crippen molar-refractivity contribution in [3.63, 3.8) is 0 Å². The van der Waals surface area contributed by atoms with Gasteiger partial charge in [0, 0.05) is 0 Å². The Morgan fingerprint density at radius 1 is 1.32 bits per heavy atom. The van der Waals surface area contributed by atoms with Crippen LogP contribution in [0.25, 0.3) is 0 Å². The summed E-state index contributed by atoms with van der Waals surface area (Å²) in [5, 5.41) is 2.66. The number of hydrogen-bond acceptors (Lipinski definition) is 6. The molecule has 0 saturated carbocycles. The molecule has 2 amide bonds. The summed E-state index contributed by atoms with van der Waals surface area (Å²) in [4.78, 5) is 33.4. The second-order valence-corrected chi connectivity index (χ2v) is 27.5. The number of sulfone groups is 1. The molecule has 2 heterocycles. The van der Waals surface area contributed by atoms with E-state index in [2.05, 4.69) is 20.1 Å². The van der Waals surface area contributed by atoms with Crippen molar-refractivity contribution in [3.05, 3.63) is 10.9 Å². The molecule has 1 aromatic rings. The Bertz CT molecular complexity index is 850. The molecule has 0 spiro atoms. The number of rotatable bonds is 5. The summed E-state index contributed by atoms with van der Waals surface area (Å²) in [5.41, 5.74) is -0.565. The number of carbonyl (C=O) groups is 2. The first-order valence-corrected chi connectivity index (χ1v) is 21.8. The predicted molar refractivity (Wildman–Crippen MR) is 114 cm³/mol. The van der Waals surface area contributed by atoms with E-state index in [4.69, 9.17) is 4.74 Å². The molecule has 0 saturated heterocycles. The maximum atomic E-state index is 13.0. The number of carbonyl (C=O) groups excluding carboxylic acids is 2. The van der Waals surface area contributed by atoms with Crippen molar-refractivity contribution in [2.45, 2.75) is 52.5 Å². The molecule has 1 aliphatic rings. The summed E-state index contributed by atoms with van der Waals surface area (Å²) in [6, 6.07) is 1.75. The predicted octanol–water partition coefficient (Wildman–Crippen LogP) is 2.44. The Labute approximate surface area is 175 Å². The van der Waals surface area contributed by atoms with Crippen LogP contribution < -0.4 is 8.21 Å². The third kappa shape index (κ3) is 6.09. The van der Waals surface area contributed by atoms with Gasteiger partial charge in [0.1, 0.15) is 0 Å². The number of nitrogens with one attached hydrogen (secondary N) is 1. The van der Waals surface area contributed by atoms with Gasteiger partial charge in [-0.1, -0.05) is 0 Å². The average Bonchev–Trinajstić information content (AvgIpc) is 2.95. The van der Waals surface area contributed by atoms with Gasteiger partial charge in [-0.25, -0.2) is 0 Å².